The maximum atomic E-state index is 11.1. The molecule has 0 atom stereocenters. The molecule has 2 fully saturated rings. The molecule has 5 nitrogen and oxygen atoms in total. The zero-order chi connectivity index (χ0) is 18.0. The number of hydrogen-bond acceptors (Lipinski definition) is 6. The Hall–Kier alpha value is -1.22. The summed E-state index contributed by atoms with van der Waals surface area (Å²) in [6.45, 7) is 6.59. The van der Waals surface area contributed by atoms with Gasteiger partial charge in [-0.15, -0.1) is 0 Å². The summed E-state index contributed by atoms with van der Waals surface area (Å²) in [4.78, 5) is 22.3. The van der Waals surface area contributed by atoms with Crippen LogP contribution in [0.25, 0.3) is 0 Å². The number of ether oxygens (including phenoxy) is 2. The molecule has 1 spiro atoms. The highest BCUT2D eigenvalue weighted by atomic mass is 127. The van der Waals surface area contributed by atoms with Crippen molar-refractivity contribution in [3.05, 3.63) is 41.5 Å². The second-order valence-electron chi connectivity index (χ2n) is 6.43. The summed E-state index contributed by atoms with van der Waals surface area (Å²) in [5, 5.41) is 0. The van der Waals surface area contributed by atoms with E-state index in [1.54, 1.807) is 9.12 Å². The molecule has 2 heterocycles. The van der Waals surface area contributed by atoms with Gasteiger partial charge in [0.2, 0.25) is 0 Å². The first-order valence-electron chi connectivity index (χ1n) is 8.25. The highest BCUT2D eigenvalue weighted by molar-refractivity contribution is 14.2. The molecule has 25 heavy (non-hydrogen) atoms. The van der Waals surface area contributed by atoms with Crippen molar-refractivity contribution in [3.63, 3.8) is 0 Å². The Balaban J connectivity index is 0.000000146. The molecular weight excluding hydrogens is 453 g/mol. The number of halogens is 1. The minimum atomic E-state index is -0.963. The van der Waals surface area contributed by atoms with Gasteiger partial charge >= 0.3 is 11.9 Å². The van der Waals surface area contributed by atoms with Crippen LogP contribution in [-0.4, -0.2) is 24.3 Å². The lowest BCUT2D eigenvalue weighted by atomic mass is 10.1. The monoisotopic (exact) mass is 473 g/mol. The van der Waals surface area contributed by atoms with Crippen molar-refractivity contribution in [2.45, 2.75) is 44.8 Å². The zero-order valence-corrected chi connectivity index (χ0v) is 17.0. The quantitative estimate of drug-likeness (QED) is 0.200. The molecular formula is C18H20INO4S. The molecule has 1 saturated carbocycles. The van der Waals surface area contributed by atoms with Crippen molar-refractivity contribution in [2.24, 2.45) is 0 Å². The van der Waals surface area contributed by atoms with Gasteiger partial charge in [-0.25, -0.2) is 9.59 Å². The highest BCUT2D eigenvalue weighted by Crippen LogP contribution is 2.38. The third kappa shape index (κ3) is 3.97. The van der Waals surface area contributed by atoms with Crippen LogP contribution in [0.15, 0.2) is 30.4 Å². The number of fused-ring (bicyclic) bond motifs is 1. The number of carbonyl (C=O) groups is 2. The lowest BCUT2D eigenvalue weighted by Crippen LogP contribution is -2.44. The molecule has 134 valence electrons. The van der Waals surface area contributed by atoms with Gasteiger partial charge in [-0.05, 0) is 43.4 Å². The predicted octanol–water partition coefficient (Wildman–Crippen LogP) is 4.27. The number of hydrogen-bond donors (Lipinski definition) is 0. The number of carbonyl (C=O) groups excluding carboxylic acids is 2. The summed E-state index contributed by atoms with van der Waals surface area (Å²) < 4.78 is 12.4. The Morgan fingerprint density at radius 2 is 1.84 bits per heavy atom. The predicted molar refractivity (Wildman–Crippen MR) is 106 cm³/mol. The van der Waals surface area contributed by atoms with Gasteiger partial charge in [0.25, 0.3) is 5.79 Å². The average Bonchev–Trinajstić information content (AvgIpc) is 3.19. The van der Waals surface area contributed by atoms with Crippen LogP contribution in [0.1, 0.15) is 36.8 Å². The highest BCUT2D eigenvalue weighted by Gasteiger charge is 2.47. The van der Waals surface area contributed by atoms with E-state index in [0.717, 1.165) is 19.4 Å². The minimum absolute atomic E-state index is 0.211. The van der Waals surface area contributed by atoms with E-state index in [0.29, 0.717) is 12.8 Å². The van der Waals surface area contributed by atoms with Crippen molar-refractivity contribution in [1.82, 2.24) is 0 Å². The Labute approximate surface area is 163 Å². The summed E-state index contributed by atoms with van der Waals surface area (Å²) in [5.41, 5.74) is 4.04. The molecule has 3 aliphatic rings. The third-order valence-corrected chi connectivity index (χ3v) is 6.56. The van der Waals surface area contributed by atoms with E-state index in [1.165, 1.54) is 23.2 Å². The lowest BCUT2D eigenvalue weighted by molar-refractivity contribution is -0.232. The molecule has 0 aromatic heterocycles. The SMILES string of the molecule is C=C1C(=O)OC2(CCCC2)OC1=O.Cc1ccc2c(c1)N(SI)CC2. The van der Waals surface area contributed by atoms with Gasteiger partial charge in [0.15, 0.2) is 0 Å². The van der Waals surface area contributed by atoms with Gasteiger partial charge in [0.05, 0.1) is 5.69 Å². The molecule has 0 amide bonds. The topological polar surface area (TPSA) is 55.8 Å². The normalized spacial score (nSPS) is 20.7. The fourth-order valence-electron chi connectivity index (χ4n) is 3.21. The number of rotatable bonds is 1. The van der Waals surface area contributed by atoms with E-state index in [9.17, 15) is 9.59 Å². The largest absolute Gasteiger partial charge is 0.419 e. The first-order chi connectivity index (χ1) is 11.9. The van der Waals surface area contributed by atoms with Gasteiger partial charge < -0.3 is 13.8 Å². The van der Waals surface area contributed by atoms with Crippen LogP contribution in [0.5, 0.6) is 0 Å². The first-order valence-corrected chi connectivity index (χ1v) is 11.6. The van der Waals surface area contributed by atoms with Crippen molar-refractivity contribution in [1.29, 1.82) is 0 Å². The third-order valence-electron chi connectivity index (χ3n) is 4.59. The van der Waals surface area contributed by atoms with Gasteiger partial charge in [0.1, 0.15) is 5.57 Å². The molecule has 1 aromatic rings. The summed E-state index contributed by atoms with van der Waals surface area (Å²) in [6, 6.07) is 6.71. The molecule has 1 saturated heterocycles. The van der Waals surface area contributed by atoms with Crippen LogP contribution in [-0.2, 0) is 25.5 Å². The van der Waals surface area contributed by atoms with Crippen LogP contribution in [0.4, 0.5) is 5.69 Å². The van der Waals surface area contributed by atoms with Crippen LogP contribution < -0.4 is 4.31 Å². The van der Waals surface area contributed by atoms with Crippen molar-refractivity contribution >= 4 is 48.0 Å². The fraction of sp³-hybridized carbons (Fsp3) is 0.444. The molecule has 0 N–H and O–H groups in total. The molecule has 0 bridgehead atoms. The Bertz CT molecular complexity index is 693. The zero-order valence-electron chi connectivity index (χ0n) is 14.0. The Kier molecular flexibility index (Phi) is 5.62. The van der Waals surface area contributed by atoms with Gasteiger partial charge in [-0.3, -0.25) is 0 Å². The standard InChI is InChI=1S/C9H10INS.C9H10O4/c1-7-2-3-8-4-5-11(12-10)9(8)6-7;1-6-7(10)12-9(13-8(6)11)4-2-3-5-9/h2-3,6H,4-5H2,1H3;1-5H2. The van der Waals surface area contributed by atoms with Gasteiger partial charge in [0, 0.05) is 49.7 Å². The summed E-state index contributed by atoms with van der Waals surface area (Å²) in [7, 11) is 1.79. The van der Waals surface area contributed by atoms with Gasteiger partial charge in [-0.1, -0.05) is 18.7 Å². The maximum Gasteiger partial charge on any atom is 0.348 e. The summed E-state index contributed by atoms with van der Waals surface area (Å²) in [5.74, 6) is -2.24. The van der Waals surface area contributed by atoms with Gasteiger partial charge in [-0.2, -0.15) is 0 Å². The maximum absolute atomic E-state index is 11.1. The average molecular weight is 473 g/mol. The molecule has 1 aromatic carbocycles. The smallest absolute Gasteiger partial charge is 0.348 e. The first kappa shape index (κ1) is 18.6. The van der Waals surface area contributed by atoms with Crippen LogP contribution >= 0.6 is 30.3 Å². The van der Waals surface area contributed by atoms with Crippen LogP contribution in [0, 0.1) is 6.92 Å². The fourth-order valence-corrected chi connectivity index (χ4v) is 4.85. The van der Waals surface area contributed by atoms with Crippen molar-refractivity contribution in [2.75, 3.05) is 10.8 Å². The van der Waals surface area contributed by atoms with E-state index in [-0.39, 0.29) is 5.57 Å². The number of benzene rings is 1. The number of anilines is 1. The van der Waals surface area contributed by atoms with E-state index in [1.807, 2.05) is 0 Å². The van der Waals surface area contributed by atoms with E-state index in [4.69, 9.17) is 9.47 Å². The number of nitrogens with zero attached hydrogens (tertiary/aromatic N) is 1. The van der Waals surface area contributed by atoms with E-state index >= 15 is 0 Å². The molecule has 7 heteroatoms. The minimum Gasteiger partial charge on any atom is -0.419 e. The molecule has 1 aliphatic carbocycles. The van der Waals surface area contributed by atoms with Crippen LogP contribution in [0.2, 0.25) is 0 Å². The summed E-state index contributed by atoms with van der Waals surface area (Å²) in [6.07, 6.45) is 4.27. The summed E-state index contributed by atoms with van der Waals surface area (Å²) >= 11 is 2.34. The second kappa shape index (κ2) is 7.57. The van der Waals surface area contributed by atoms with Crippen LogP contribution in [0.3, 0.4) is 0 Å². The molecule has 4 rings (SSSR count). The van der Waals surface area contributed by atoms with Crippen molar-refractivity contribution in [3.8, 4) is 0 Å². The Morgan fingerprint density at radius 3 is 2.44 bits per heavy atom. The van der Waals surface area contributed by atoms with Crippen molar-refractivity contribution < 1.29 is 19.1 Å². The number of aryl methyl sites for hydroxylation is 1. The molecule has 0 unspecified atom stereocenters. The lowest BCUT2D eigenvalue weighted by Gasteiger charge is -2.32. The van der Waals surface area contributed by atoms with E-state index < -0.39 is 17.7 Å². The Morgan fingerprint density at radius 1 is 1.20 bits per heavy atom. The molecule has 2 aliphatic heterocycles. The molecule has 0 radical (unpaired) electrons. The number of esters is 2. The second-order valence-corrected chi connectivity index (χ2v) is 8.19. The van der Waals surface area contributed by atoms with E-state index in [2.05, 4.69) is 57.2 Å².